The number of nitrogens with zero attached hydrogens (tertiary/aromatic N) is 1. The van der Waals surface area contributed by atoms with Crippen LogP contribution in [0.3, 0.4) is 0 Å². The molecule has 2 unspecified atom stereocenters. The van der Waals surface area contributed by atoms with Crippen LogP contribution in [0.15, 0.2) is 0 Å². The Labute approximate surface area is 74.4 Å². The maximum atomic E-state index is 9.27. The van der Waals surface area contributed by atoms with Crippen LogP contribution in [-0.4, -0.2) is 23.3 Å². The summed E-state index contributed by atoms with van der Waals surface area (Å²) >= 11 is 0. The van der Waals surface area contributed by atoms with Gasteiger partial charge in [-0.25, -0.2) is 0 Å². The van der Waals surface area contributed by atoms with Crippen LogP contribution >= 0.6 is 0 Å². The lowest BCUT2D eigenvalue weighted by molar-refractivity contribution is 0.155. The van der Waals surface area contributed by atoms with Gasteiger partial charge in [-0.05, 0) is 13.3 Å². The molecule has 0 saturated heterocycles. The molecular weight excluding hydrogens is 152 g/mol. The van der Waals surface area contributed by atoms with E-state index in [1.165, 1.54) is 0 Å². The molecule has 0 aromatic carbocycles. The molecule has 0 fully saturated rings. The molecule has 3 heteroatoms. The minimum atomic E-state index is -0.490. The first-order chi connectivity index (χ1) is 5.56. The fourth-order valence-corrected chi connectivity index (χ4v) is 1.23. The lowest BCUT2D eigenvalue weighted by Crippen LogP contribution is -2.34. The third-order valence-electron chi connectivity index (χ3n) is 1.57. The molecule has 0 radical (unpaired) electrons. The Bertz CT molecular complexity index is 151. The van der Waals surface area contributed by atoms with Gasteiger partial charge < -0.3 is 10.4 Å². The Morgan fingerprint density at radius 3 is 2.42 bits per heavy atom. The molecule has 0 aliphatic rings. The second-order valence-corrected chi connectivity index (χ2v) is 3.47. The normalized spacial score (nSPS) is 15.7. The lowest BCUT2D eigenvalue weighted by Gasteiger charge is -2.18. The van der Waals surface area contributed by atoms with E-state index >= 15 is 0 Å². The van der Waals surface area contributed by atoms with Gasteiger partial charge >= 0.3 is 0 Å². The highest BCUT2D eigenvalue weighted by atomic mass is 16.3. The van der Waals surface area contributed by atoms with Gasteiger partial charge in [0.1, 0.15) is 0 Å². The van der Waals surface area contributed by atoms with E-state index in [1.54, 1.807) is 0 Å². The molecular formula is C9H18N2O. The summed E-state index contributed by atoms with van der Waals surface area (Å²) in [6, 6.07) is 2.65. The van der Waals surface area contributed by atoms with Crippen LogP contribution in [-0.2, 0) is 0 Å². The van der Waals surface area contributed by atoms with Crippen LogP contribution in [0.2, 0.25) is 0 Å². The van der Waals surface area contributed by atoms with Gasteiger partial charge in [0.15, 0.2) is 0 Å². The molecule has 0 heterocycles. The summed E-state index contributed by atoms with van der Waals surface area (Å²) in [6.45, 7) is 6.14. The number of aliphatic hydroxyl groups excluding tert-OH is 1. The van der Waals surface area contributed by atoms with Gasteiger partial charge in [-0.3, -0.25) is 0 Å². The van der Waals surface area contributed by atoms with E-state index in [0.717, 1.165) is 0 Å². The zero-order valence-electron chi connectivity index (χ0n) is 8.04. The molecule has 3 nitrogen and oxygen atoms in total. The Hall–Kier alpha value is -0.590. The summed E-state index contributed by atoms with van der Waals surface area (Å²) < 4.78 is 0. The van der Waals surface area contributed by atoms with Crippen LogP contribution in [0, 0.1) is 11.3 Å². The van der Waals surface area contributed by atoms with Crippen molar-refractivity contribution in [3.8, 4) is 6.07 Å². The van der Waals surface area contributed by atoms with Crippen LogP contribution in [0.25, 0.3) is 0 Å². The SMILES string of the molecule is CC(C)NC(C)CC(O)CC#N. The second kappa shape index (κ2) is 5.99. The van der Waals surface area contributed by atoms with E-state index in [-0.39, 0.29) is 12.5 Å². The van der Waals surface area contributed by atoms with Crippen molar-refractivity contribution in [2.24, 2.45) is 0 Å². The van der Waals surface area contributed by atoms with Gasteiger partial charge in [0.2, 0.25) is 0 Å². The first-order valence-electron chi connectivity index (χ1n) is 4.37. The van der Waals surface area contributed by atoms with Crippen molar-refractivity contribution >= 4 is 0 Å². The molecule has 2 atom stereocenters. The van der Waals surface area contributed by atoms with E-state index in [0.29, 0.717) is 12.5 Å². The maximum absolute atomic E-state index is 9.27. The monoisotopic (exact) mass is 170 g/mol. The highest BCUT2D eigenvalue weighted by molar-refractivity contribution is 4.78. The molecule has 0 rings (SSSR count). The molecule has 0 spiro atoms. The highest BCUT2D eigenvalue weighted by Gasteiger charge is 2.09. The van der Waals surface area contributed by atoms with Crippen molar-refractivity contribution in [2.75, 3.05) is 0 Å². The standard InChI is InChI=1S/C9H18N2O/c1-7(2)11-8(3)6-9(12)4-5-10/h7-9,11-12H,4,6H2,1-3H3. The third-order valence-corrected chi connectivity index (χ3v) is 1.57. The van der Waals surface area contributed by atoms with Gasteiger partial charge in [-0.2, -0.15) is 5.26 Å². The van der Waals surface area contributed by atoms with Gasteiger partial charge in [-0.1, -0.05) is 13.8 Å². The average molecular weight is 170 g/mol. The van der Waals surface area contributed by atoms with Gasteiger partial charge in [0, 0.05) is 12.1 Å². The Morgan fingerprint density at radius 2 is 2.00 bits per heavy atom. The molecule has 0 aliphatic carbocycles. The van der Waals surface area contributed by atoms with E-state index in [2.05, 4.69) is 19.2 Å². The lowest BCUT2D eigenvalue weighted by atomic mass is 10.1. The summed E-state index contributed by atoms with van der Waals surface area (Å²) in [4.78, 5) is 0. The molecule has 0 aromatic heterocycles. The maximum Gasteiger partial charge on any atom is 0.0684 e. The summed E-state index contributed by atoms with van der Waals surface area (Å²) in [5.41, 5.74) is 0. The predicted molar refractivity (Wildman–Crippen MR) is 48.6 cm³/mol. The van der Waals surface area contributed by atoms with Crippen molar-refractivity contribution in [2.45, 2.75) is 51.8 Å². The van der Waals surface area contributed by atoms with Gasteiger partial charge in [0.25, 0.3) is 0 Å². The summed E-state index contributed by atoms with van der Waals surface area (Å²) in [7, 11) is 0. The average Bonchev–Trinajstić information content (AvgIpc) is 1.84. The summed E-state index contributed by atoms with van der Waals surface area (Å²) in [5.74, 6) is 0. The molecule has 0 aromatic rings. The van der Waals surface area contributed by atoms with Crippen molar-refractivity contribution in [1.82, 2.24) is 5.32 Å². The largest absolute Gasteiger partial charge is 0.392 e. The Balaban J connectivity index is 3.55. The van der Waals surface area contributed by atoms with Gasteiger partial charge in [-0.15, -0.1) is 0 Å². The van der Waals surface area contributed by atoms with Crippen LogP contribution in [0.1, 0.15) is 33.6 Å². The number of nitriles is 1. The molecule has 0 aliphatic heterocycles. The van der Waals surface area contributed by atoms with E-state index in [1.807, 2.05) is 13.0 Å². The van der Waals surface area contributed by atoms with E-state index in [9.17, 15) is 5.11 Å². The summed E-state index contributed by atoms with van der Waals surface area (Å²) in [6.07, 6.45) is 0.381. The highest BCUT2D eigenvalue weighted by Crippen LogP contribution is 2.01. The Kier molecular flexibility index (Phi) is 5.69. The van der Waals surface area contributed by atoms with Crippen molar-refractivity contribution in [3.63, 3.8) is 0 Å². The number of hydrogen-bond donors (Lipinski definition) is 2. The topological polar surface area (TPSA) is 56.0 Å². The minimum absolute atomic E-state index is 0.226. The molecule has 70 valence electrons. The predicted octanol–water partition coefficient (Wildman–Crippen LogP) is 1.04. The molecule has 0 amide bonds. The fraction of sp³-hybridized carbons (Fsp3) is 0.889. The zero-order valence-corrected chi connectivity index (χ0v) is 8.04. The van der Waals surface area contributed by atoms with Crippen molar-refractivity contribution < 1.29 is 5.11 Å². The smallest absolute Gasteiger partial charge is 0.0684 e. The van der Waals surface area contributed by atoms with E-state index in [4.69, 9.17) is 5.26 Å². The molecule has 0 saturated carbocycles. The van der Waals surface area contributed by atoms with Crippen LogP contribution in [0.5, 0.6) is 0 Å². The first kappa shape index (κ1) is 11.4. The Morgan fingerprint density at radius 1 is 1.42 bits per heavy atom. The fourth-order valence-electron chi connectivity index (χ4n) is 1.23. The summed E-state index contributed by atoms with van der Waals surface area (Å²) in [5, 5.41) is 20.8. The van der Waals surface area contributed by atoms with Crippen LogP contribution < -0.4 is 5.32 Å². The van der Waals surface area contributed by atoms with E-state index < -0.39 is 6.10 Å². The quantitative estimate of drug-likeness (QED) is 0.648. The number of nitrogens with one attached hydrogen (secondary N) is 1. The molecule has 2 N–H and O–H groups in total. The number of hydrogen-bond acceptors (Lipinski definition) is 3. The molecule has 12 heavy (non-hydrogen) atoms. The van der Waals surface area contributed by atoms with Crippen molar-refractivity contribution in [1.29, 1.82) is 5.26 Å². The number of aliphatic hydroxyl groups is 1. The second-order valence-electron chi connectivity index (χ2n) is 3.47. The molecule has 0 bridgehead atoms. The van der Waals surface area contributed by atoms with Crippen LogP contribution in [0.4, 0.5) is 0 Å². The third kappa shape index (κ3) is 6.14. The minimum Gasteiger partial charge on any atom is -0.392 e. The van der Waals surface area contributed by atoms with Crippen molar-refractivity contribution in [3.05, 3.63) is 0 Å². The zero-order chi connectivity index (χ0) is 9.56. The number of rotatable bonds is 5. The van der Waals surface area contributed by atoms with Gasteiger partial charge in [0.05, 0.1) is 18.6 Å². The first-order valence-corrected chi connectivity index (χ1v) is 4.37.